The molecule has 34 heavy (non-hydrogen) atoms. The molecule has 1 atom stereocenters. The molecule has 3 rings (SSSR count). The smallest absolute Gasteiger partial charge is 0.253 e. The van der Waals surface area contributed by atoms with E-state index in [1.807, 2.05) is 6.92 Å². The highest BCUT2D eigenvalue weighted by Crippen LogP contribution is 2.29. The quantitative estimate of drug-likeness (QED) is 0.463. The topological polar surface area (TPSA) is 95.6 Å². The van der Waals surface area contributed by atoms with Gasteiger partial charge < -0.3 is 10.6 Å². The Hall–Kier alpha value is -2.13. The first-order valence-electron chi connectivity index (χ1n) is 11.3. The summed E-state index contributed by atoms with van der Waals surface area (Å²) in [5, 5.41) is 6.26. The number of carbonyl (C=O) groups is 2. The van der Waals surface area contributed by atoms with E-state index in [0.717, 1.165) is 12.8 Å². The maximum Gasteiger partial charge on any atom is 0.253 e. The van der Waals surface area contributed by atoms with E-state index in [4.69, 9.17) is 23.2 Å². The Morgan fingerprint density at radius 2 is 1.79 bits per heavy atom. The molecule has 1 fully saturated rings. The van der Waals surface area contributed by atoms with Crippen molar-refractivity contribution in [2.45, 2.75) is 38.4 Å². The van der Waals surface area contributed by atoms with Crippen LogP contribution in [0.5, 0.6) is 0 Å². The van der Waals surface area contributed by atoms with E-state index in [1.54, 1.807) is 42.5 Å². The molecule has 10 heteroatoms. The van der Waals surface area contributed by atoms with Crippen LogP contribution in [0.25, 0.3) is 0 Å². The van der Waals surface area contributed by atoms with Crippen molar-refractivity contribution in [2.75, 3.05) is 25.0 Å². The number of piperidine rings is 1. The Labute approximate surface area is 210 Å². The lowest BCUT2D eigenvalue weighted by molar-refractivity contribution is -0.120. The molecule has 1 aliphatic rings. The standard InChI is InChI=1S/C24H29Cl2N3O4S/c1-2-3-13-27-24(31)18-9-4-5-12-22(18)28-23(30)17-8-7-14-29(15-17)34(32,33)16-19-20(25)10-6-11-21(19)26/h4-6,9-12,17H,2-3,7-8,13-16H2,1H3,(H,27,31)(H,28,30). The summed E-state index contributed by atoms with van der Waals surface area (Å²) >= 11 is 12.3. The SMILES string of the molecule is CCCCNC(=O)c1ccccc1NC(=O)C1CCCN(S(=O)(=O)Cc2c(Cl)cccc2Cl)C1. The number of benzene rings is 2. The Morgan fingerprint density at radius 1 is 1.09 bits per heavy atom. The van der Waals surface area contributed by atoms with Crippen molar-refractivity contribution in [3.8, 4) is 0 Å². The second-order valence-electron chi connectivity index (χ2n) is 8.30. The first-order valence-corrected chi connectivity index (χ1v) is 13.7. The zero-order chi connectivity index (χ0) is 24.7. The molecule has 2 aromatic rings. The maximum atomic E-state index is 13.1. The summed E-state index contributed by atoms with van der Waals surface area (Å²) < 4.78 is 27.5. The number of nitrogens with one attached hydrogen (secondary N) is 2. The number of anilines is 1. The third-order valence-corrected chi connectivity index (χ3v) is 8.26. The highest BCUT2D eigenvalue weighted by molar-refractivity contribution is 7.88. The van der Waals surface area contributed by atoms with E-state index >= 15 is 0 Å². The number of sulfonamides is 1. The fourth-order valence-corrected chi connectivity index (χ4v) is 6.21. The summed E-state index contributed by atoms with van der Waals surface area (Å²) in [7, 11) is -3.73. The van der Waals surface area contributed by atoms with Gasteiger partial charge in [0.25, 0.3) is 5.91 Å². The number of amides is 2. The van der Waals surface area contributed by atoms with Gasteiger partial charge in [0, 0.05) is 35.2 Å². The Balaban J connectivity index is 1.69. The summed E-state index contributed by atoms with van der Waals surface area (Å²) in [4.78, 5) is 25.6. The molecule has 0 bridgehead atoms. The number of para-hydroxylation sites is 1. The zero-order valence-electron chi connectivity index (χ0n) is 19.0. The molecule has 0 spiro atoms. The summed E-state index contributed by atoms with van der Waals surface area (Å²) in [6, 6.07) is 11.7. The summed E-state index contributed by atoms with van der Waals surface area (Å²) in [6.07, 6.45) is 2.93. The first-order chi connectivity index (χ1) is 16.2. The van der Waals surface area contributed by atoms with Crippen LogP contribution in [0.3, 0.4) is 0 Å². The highest BCUT2D eigenvalue weighted by Gasteiger charge is 2.33. The molecule has 1 saturated heterocycles. The fraction of sp³-hybridized carbons (Fsp3) is 0.417. The van der Waals surface area contributed by atoms with Crippen molar-refractivity contribution >= 4 is 50.7 Å². The minimum atomic E-state index is -3.73. The number of hydrogen-bond acceptors (Lipinski definition) is 4. The van der Waals surface area contributed by atoms with Gasteiger partial charge in [0.2, 0.25) is 15.9 Å². The molecule has 0 aliphatic carbocycles. The first kappa shape index (κ1) is 26.5. The zero-order valence-corrected chi connectivity index (χ0v) is 21.3. The Morgan fingerprint density at radius 3 is 2.50 bits per heavy atom. The number of halogens is 2. The monoisotopic (exact) mass is 525 g/mol. The van der Waals surface area contributed by atoms with Gasteiger partial charge in [-0.1, -0.05) is 54.7 Å². The van der Waals surface area contributed by atoms with E-state index in [2.05, 4.69) is 10.6 Å². The lowest BCUT2D eigenvalue weighted by Crippen LogP contribution is -2.44. The van der Waals surface area contributed by atoms with Crippen LogP contribution in [0.15, 0.2) is 42.5 Å². The van der Waals surface area contributed by atoms with Gasteiger partial charge in [0.15, 0.2) is 0 Å². The normalized spacial score (nSPS) is 16.7. The summed E-state index contributed by atoms with van der Waals surface area (Å²) in [5.41, 5.74) is 1.13. The van der Waals surface area contributed by atoms with Crippen molar-refractivity contribution in [1.29, 1.82) is 0 Å². The Kier molecular flexibility index (Phi) is 9.36. The van der Waals surface area contributed by atoms with E-state index in [0.29, 0.717) is 42.7 Å². The van der Waals surface area contributed by atoms with Gasteiger partial charge in [-0.05, 0) is 43.5 Å². The van der Waals surface area contributed by atoms with Crippen molar-refractivity contribution < 1.29 is 18.0 Å². The van der Waals surface area contributed by atoms with Gasteiger partial charge in [0.1, 0.15) is 0 Å². The Bertz CT molecular complexity index is 1120. The van der Waals surface area contributed by atoms with Gasteiger partial charge in [-0.3, -0.25) is 9.59 Å². The summed E-state index contributed by atoms with van der Waals surface area (Å²) in [5.74, 6) is -1.44. The predicted octanol–water partition coefficient (Wildman–Crippen LogP) is 4.70. The van der Waals surface area contributed by atoms with E-state index in [9.17, 15) is 18.0 Å². The lowest BCUT2D eigenvalue weighted by atomic mass is 9.98. The molecular weight excluding hydrogens is 497 g/mol. The van der Waals surface area contributed by atoms with Crippen LogP contribution < -0.4 is 10.6 Å². The van der Waals surface area contributed by atoms with Crippen molar-refractivity contribution in [3.63, 3.8) is 0 Å². The number of unbranched alkanes of at least 4 members (excludes halogenated alkanes) is 1. The second-order valence-corrected chi connectivity index (χ2v) is 11.1. The molecule has 1 heterocycles. The average Bonchev–Trinajstić information content (AvgIpc) is 2.82. The van der Waals surface area contributed by atoms with Crippen LogP contribution in [0.4, 0.5) is 5.69 Å². The largest absolute Gasteiger partial charge is 0.352 e. The van der Waals surface area contributed by atoms with Gasteiger partial charge in [-0.25, -0.2) is 12.7 Å². The third kappa shape index (κ3) is 6.72. The minimum Gasteiger partial charge on any atom is -0.352 e. The number of nitrogens with zero attached hydrogens (tertiary/aromatic N) is 1. The van der Waals surface area contributed by atoms with Crippen LogP contribution in [-0.4, -0.2) is 44.2 Å². The number of carbonyl (C=O) groups excluding carboxylic acids is 2. The van der Waals surface area contributed by atoms with Crippen molar-refractivity contribution in [3.05, 3.63) is 63.6 Å². The molecule has 2 N–H and O–H groups in total. The summed E-state index contributed by atoms with van der Waals surface area (Å²) in [6.45, 7) is 2.98. The molecule has 0 saturated carbocycles. The maximum absolute atomic E-state index is 13.1. The molecule has 7 nitrogen and oxygen atoms in total. The molecule has 2 aromatic carbocycles. The van der Waals surface area contributed by atoms with Crippen LogP contribution in [0.1, 0.15) is 48.5 Å². The molecule has 0 radical (unpaired) electrons. The van der Waals surface area contributed by atoms with E-state index < -0.39 is 15.9 Å². The lowest BCUT2D eigenvalue weighted by Gasteiger charge is -2.31. The molecule has 184 valence electrons. The predicted molar refractivity (Wildman–Crippen MR) is 136 cm³/mol. The van der Waals surface area contributed by atoms with Gasteiger partial charge in [0.05, 0.1) is 22.9 Å². The average molecular weight is 526 g/mol. The van der Waals surface area contributed by atoms with Gasteiger partial charge in [-0.15, -0.1) is 0 Å². The third-order valence-electron chi connectivity index (χ3n) is 5.78. The van der Waals surface area contributed by atoms with E-state index in [-0.39, 0.29) is 34.2 Å². The molecule has 1 unspecified atom stereocenters. The van der Waals surface area contributed by atoms with Crippen LogP contribution in [0, 0.1) is 5.92 Å². The van der Waals surface area contributed by atoms with Crippen molar-refractivity contribution in [2.24, 2.45) is 5.92 Å². The van der Waals surface area contributed by atoms with Crippen LogP contribution in [-0.2, 0) is 20.6 Å². The van der Waals surface area contributed by atoms with Crippen LogP contribution >= 0.6 is 23.2 Å². The second kappa shape index (κ2) is 12.0. The van der Waals surface area contributed by atoms with Gasteiger partial charge in [-0.2, -0.15) is 0 Å². The minimum absolute atomic E-state index is 0.0566. The molecular formula is C24H29Cl2N3O4S. The fourth-order valence-electron chi connectivity index (χ4n) is 3.85. The van der Waals surface area contributed by atoms with Crippen LogP contribution in [0.2, 0.25) is 10.0 Å². The molecule has 2 amide bonds. The number of rotatable bonds is 9. The number of hydrogen-bond donors (Lipinski definition) is 2. The molecule has 1 aliphatic heterocycles. The van der Waals surface area contributed by atoms with Gasteiger partial charge >= 0.3 is 0 Å². The highest BCUT2D eigenvalue weighted by atomic mass is 35.5. The van der Waals surface area contributed by atoms with Crippen molar-refractivity contribution in [1.82, 2.24) is 9.62 Å². The van der Waals surface area contributed by atoms with E-state index in [1.165, 1.54) is 4.31 Å². The molecule has 0 aromatic heterocycles.